The van der Waals surface area contributed by atoms with Gasteiger partial charge in [0.05, 0.1) is 55.5 Å². The number of likely N-dealkylation sites (tertiary alicyclic amines) is 2. The molecule has 3 aromatic heterocycles. The van der Waals surface area contributed by atoms with E-state index >= 15 is 0 Å². The van der Waals surface area contributed by atoms with Gasteiger partial charge in [0, 0.05) is 24.2 Å². The molecule has 0 bridgehead atoms. The molecule has 4 amide bonds. The number of rotatable bonds is 11. The van der Waals surface area contributed by atoms with E-state index in [9.17, 15) is 24.0 Å². The van der Waals surface area contributed by atoms with Crippen molar-refractivity contribution in [2.24, 2.45) is 11.8 Å². The Balaban J connectivity index is 1.07. The molecule has 0 saturated carbocycles. The van der Waals surface area contributed by atoms with Crippen LogP contribution in [-0.2, 0) is 19.1 Å². The molecular formula is C43H51N9O8. The Morgan fingerprint density at radius 3 is 1.70 bits per heavy atom. The highest BCUT2D eigenvalue weighted by Crippen LogP contribution is 2.36. The molecule has 2 fully saturated rings. The van der Waals surface area contributed by atoms with Crippen LogP contribution in [0.25, 0.3) is 44.8 Å². The van der Waals surface area contributed by atoms with E-state index in [0.29, 0.717) is 58.9 Å². The average molecular weight is 822 g/mol. The molecule has 5 aromatic rings. The molecule has 4 atom stereocenters. The number of methoxy groups -OCH3 is 2. The topological polar surface area (TPSA) is 231 Å². The van der Waals surface area contributed by atoms with Crippen LogP contribution >= 0.6 is 0 Å². The van der Waals surface area contributed by atoms with Gasteiger partial charge in [-0.05, 0) is 61.3 Å². The smallest absolute Gasteiger partial charge is 0.407 e. The van der Waals surface area contributed by atoms with Crippen molar-refractivity contribution >= 4 is 40.7 Å². The molecule has 0 spiro atoms. The van der Waals surface area contributed by atoms with Gasteiger partial charge >= 0.3 is 12.2 Å². The number of imidazole rings is 2. The molecule has 6 N–H and O–H groups in total. The molecule has 2 aliphatic heterocycles. The third-order valence-corrected chi connectivity index (χ3v) is 11.4. The molecule has 2 aromatic carbocycles. The maximum atomic E-state index is 13.7. The summed E-state index contributed by atoms with van der Waals surface area (Å²) in [6, 6.07) is 10.6. The average Bonchev–Trinajstić information content (AvgIpc) is 4.09. The normalized spacial score (nSPS) is 17.6. The van der Waals surface area contributed by atoms with E-state index in [-0.39, 0.29) is 52.6 Å². The first kappa shape index (κ1) is 41.5. The van der Waals surface area contributed by atoms with Crippen LogP contribution in [0.2, 0.25) is 0 Å². The molecule has 316 valence electrons. The first-order chi connectivity index (χ1) is 28.8. The van der Waals surface area contributed by atoms with Crippen molar-refractivity contribution in [3.63, 3.8) is 0 Å². The van der Waals surface area contributed by atoms with Crippen LogP contribution in [0.3, 0.4) is 0 Å². The van der Waals surface area contributed by atoms with Crippen LogP contribution in [0.15, 0.2) is 64.1 Å². The van der Waals surface area contributed by atoms with Crippen LogP contribution in [0.4, 0.5) is 15.3 Å². The van der Waals surface area contributed by atoms with Crippen LogP contribution < -0.4 is 21.8 Å². The molecule has 2 aliphatic rings. The molecule has 0 radical (unpaired) electrons. The summed E-state index contributed by atoms with van der Waals surface area (Å²) in [5.41, 5.74) is 9.92. The van der Waals surface area contributed by atoms with Crippen molar-refractivity contribution in [1.82, 2.24) is 40.4 Å². The number of nitrogen functional groups attached to an aromatic ring is 1. The lowest BCUT2D eigenvalue weighted by Crippen LogP contribution is -2.51. The maximum absolute atomic E-state index is 13.7. The number of nitrogens with two attached hydrogens (primary N) is 1. The van der Waals surface area contributed by atoms with Crippen molar-refractivity contribution in [1.29, 1.82) is 0 Å². The van der Waals surface area contributed by atoms with E-state index in [1.165, 1.54) is 14.2 Å². The minimum atomic E-state index is -0.748. The number of aromatic amines is 2. The lowest BCUT2D eigenvalue weighted by molar-refractivity contribution is -0.136. The molecule has 0 aliphatic carbocycles. The largest absolute Gasteiger partial charge is 0.454 e. The van der Waals surface area contributed by atoms with Gasteiger partial charge in [-0.2, -0.15) is 0 Å². The summed E-state index contributed by atoms with van der Waals surface area (Å²) in [7, 11) is 2.53. The number of anilines is 1. The van der Waals surface area contributed by atoms with E-state index in [0.717, 1.165) is 30.5 Å². The minimum absolute atomic E-state index is 0.0331. The summed E-state index contributed by atoms with van der Waals surface area (Å²) in [4.78, 5) is 84.3. The molecule has 7 rings (SSSR count). The highest BCUT2D eigenvalue weighted by molar-refractivity contribution is 5.89. The van der Waals surface area contributed by atoms with E-state index < -0.39 is 24.3 Å². The zero-order valence-corrected chi connectivity index (χ0v) is 34.5. The van der Waals surface area contributed by atoms with Crippen molar-refractivity contribution < 1.29 is 33.1 Å². The predicted octanol–water partition coefficient (Wildman–Crippen LogP) is 5.91. The maximum Gasteiger partial charge on any atom is 0.407 e. The van der Waals surface area contributed by atoms with Gasteiger partial charge in [0.15, 0.2) is 5.76 Å². The number of ether oxygens (including phenoxy) is 2. The van der Waals surface area contributed by atoms with Gasteiger partial charge in [0.2, 0.25) is 17.2 Å². The number of carbonyl (C=O) groups is 4. The number of alkyl carbamates (subject to hydrolysis) is 2. The van der Waals surface area contributed by atoms with Crippen molar-refractivity contribution in [3.05, 3.63) is 76.7 Å². The first-order valence-corrected chi connectivity index (χ1v) is 20.2. The fourth-order valence-corrected chi connectivity index (χ4v) is 8.08. The summed E-state index contributed by atoms with van der Waals surface area (Å²) in [6.45, 7) is 8.55. The van der Waals surface area contributed by atoms with Crippen LogP contribution in [0.1, 0.15) is 77.1 Å². The van der Waals surface area contributed by atoms with Gasteiger partial charge in [0.1, 0.15) is 35.0 Å². The van der Waals surface area contributed by atoms with Gasteiger partial charge in [0.25, 0.3) is 0 Å². The Morgan fingerprint density at radius 1 is 0.750 bits per heavy atom. The zero-order chi connectivity index (χ0) is 42.8. The molecule has 5 heterocycles. The fourth-order valence-electron chi connectivity index (χ4n) is 8.08. The first-order valence-electron chi connectivity index (χ1n) is 20.2. The number of amides is 4. The van der Waals surface area contributed by atoms with E-state index in [2.05, 4.69) is 30.6 Å². The Hall–Kier alpha value is -6.65. The van der Waals surface area contributed by atoms with E-state index in [4.69, 9.17) is 19.6 Å². The zero-order valence-electron chi connectivity index (χ0n) is 34.5. The van der Waals surface area contributed by atoms with Crippen molar-refractivity contribution in [3.8, 4) is 33.8 Å². The lowest BCUT2D eigenvalue weighted by atomic mass is 10.0. The molecule has 17 nitrogen and oxygen atoms in total. The standard InChI is InChI=1S/C43H51N9O8/c1-22(2)34(49-42(56)58-5)40(54)51-17-7-9-30(51)38-45-20-28(47-38)24-11-13-25(14-12-24)37-33(44)36(53)27-19-26(15-16-32(27)60-37)29-21-46-39(48-29)31-10-8-18-52(31)41(55)35(23(3)4)50-43(57)59-6/h11-16,19-23,30-31,34-35H,7-10,17-18,44H2,1-6H3,(H,45,47)(H,46,48)(H,49,56)(H,50,57)/t30-,31-,34-,35-/m0/s1. The van der Waals surface area contributed by atoms with E-state index in [1.807, 2.05) is 58.0 Å². The second-order valence-corrected chi connectivity index (χ2v) is 15.9. The molecule has 2 saturated heterocycles. The summed E-state index contributed by atoms with van der Waals surface area (Å²) >= 11 is 0. The molecule has 0 unspecified atom stereocenters. The quantitative estimate of drug-likeness (QED) is 0.105. The third-order valence-electron chi connectivity index (χ3n) is 11.4. The number of nitrogens with zero attached hydrogens (tertiary/aromatic N) is 4. The molecule has 17 heteroatoms. The second kappa shape index (κ2) is 17.3. The summed E-state index contributed by atoms with van der Waals surface area (Å²) in [6.07, 6.45) is 5.08. The number of hydrogen-bond donors (Lipinski definition) is 5. The van der Waals surface area contributed by atoms with Crippen LogP contribution in [0, 0.1) is 11.8 Å². The van der Waals surface area contributed by atoms with Gasteiger partial charge in [-0.15, -0.1) is 0 Å². The van der Waals surface area contributed by atoms with Gasteiger partial charge in [-0.1, -0.05) is 52.0 Å². The third kappa shape index (κ3) is 8.15. The lowest BCUT2D eigenvalue weighted by Gasteiger charge is -2.30. The summed E-state index contributed by atoms with van der Waals surface area (Å²) in [5.74, 6) is 0.810. The molecule has 60 heavy (non-hydrogen) atoms. The highest BCUT2D eigenvalue weighted by atomic mass is 16.5. The van der Waals surface area contributed by atoms with Crippen LogP contribution in [0.5, 0.6) is 0 Å². The molecular weight excluding hydrogens is 771 g/mol. The number of benzene rings is 2. The van der Waals surface area contributed by atoms with Gasteiger partial charge in [-0.3, -0.25) is 14.4 Å². The second-order valence-electron chi connectivity index (χ2n) is 15.9. The SMILES string of the molecule is COC(=O)N[C@H](C(=O)N1CCC[C@H]1c1ncc(-c2ccc(-c3oc4ccc(-c5cnc([C@@H]6CCCN6C(=O)[C@@H](NC(=O)OC)C(C)C)[nH]5)cc4c(=O)c3N)cc2)[nH]1)C(C)C. The van der Waals surface area contributed by atoms with E-state index in [1.54, 1.807) is 34.3 Å². The Labute approximate surface area is 346 Å². The highest BCUT2D eigenvalue weighted by Gasteiger charge is 2.39. The Morgan fingerprint density at radius 2 is 1.22 bits per heavy atom. The number of aromatic nitrogens is 4. The van der Waals surface area contributed by atoms with Crippen LogP contribution in [-0.4, -0.2) is 93.1 Å². The fraction of sp³-hybridized carbons (Fsp3) is 0.419. The van der Waals surface area contributed by atoms with Gasteiger partial charge < -0.3 is 50.0 Å². The Kier molecular flexibility index (Phi) is 12.0. The predicted molar refractivity (Wildman–Crippen MR) is 223 cm³/mol. The van der Waals surface area contributed by atoms with Crippen molar-refractivity contribution in [2.75, 3.05) is 33.0 Å². The number of H-pyrrole nitrogens is 2. The minimum Gasteiger partial charge on any atom is -0.454 e. The summed E-state index contributed by atoms with van der Waals surface area (Å²) in [5, 5.41) is 5.64. The monoisotopic (exact) mass is 821 g/mol. The number of carbonyl (C=O) groups excluding carboxylic acids is 4. The number of nitrogens with one attached hydrogen (secondary N) is 4. The van der Waals surface area contributed by atoms with Gasteiger partial charge in [-0.25, -0.2) is 19.6 Å². The Bertz CT molecular complexity index is 2450. The number of fused-ring (bicyclic) bond motifs is 1. The summed E-state index contributed by atoms with van der Waals surface area (Å²) < 4.78 is 15.7. The number of hydrogen-bond acceptors (Lipinski definition) is 11. The van der Waals surface area contributed by atoms with Crippen molar-refractivity contribution in [2.45, 2.75) is 77.5 Å².